The van der Waals surface area contributed by atoms with Crippen LogP contribution in [0.3, 0.4) is 0 Å². The van der Waals surface area contributed by atoms with Crippen molar-refractivity contribution in [3.8, 4) is 0 Å². The summed E-state index contributed by atoms with van der Waals surface area (Å²) in [5.41, 5.74) is 0. The van der Waals surface area contributed by atoms with Gasteiger partial charge in [-0.2, -0.15) is 0 Å². The Labute approximate surface area is 93.4 Å². The van der Waals surface area contributed by atoms with Crippen LogP contribution in [0.5, 0.6) is 0 Å². The molecule has 0 aromatic heterocycles. The summed E-state index contributed by atoms with van der Waals surface area (Å²) in [6, 6.07) is 0. The molecule has 0 bridgehead atoms. The van der Waals surface area contributed by atoms with Crippen LogP contribution in [0.25, 0.3) is 0 Å². The monoisotopic (exact) mass is 540 g/mol. The Balaban J connectivity index is -0.0000000300. The molecule has 0 unspecified atom stereocenters. The molecule has 0 saturated carbocycles. The average Bonchev–Trinajstić information content (AvgIpc) is 1.25. The molecule has 7 nitrogen and oxygen atoms in total. The van der Waals surface area contributed by atoms with E-state index in [4.69, 9.17) is 30.3 Å². The molecular weight excluding hydrogens is 540 g/mol. The van der Waals surface area contributed by atoms with E-state index in [1.165, 1.54) is 0 Å². The Kier molecular flexibility index (Phi) is 36.2. The SMILES string of the molecule is O=C([O-])[O-].O=[N+]([O-])[O-].[Bi+3].[Bi+3]. The van der Waals surface area contributed by atoms with Crippen molar-refractivity contribution in [2.75, 3.05) is 0 Å². The smallest absolute Gasteiger partial charge is 0.652 e. The van der Waals surface area contributed by atoms with Crippen LogP contribution >= 0.6 is 0 Å². The van der Waals surface area contributed by atoms with Gasteiger partial charge in [-0.25, -0.2) is 0 Å². The molecule has 0 saturated heterocycles. The van der Waals surface area contributed by atoms with Crippen LogP contribution in [-0.4, -0.2) is 63.6 Å². The Morgan fingerprint density at radius 2 is 1.10 bits per heavy atom. The van der Waals surface area contributed by atoms with E-state index in [0.717, 1.165) is 0 Å². The van der Waals surface area contributed by atoms with E-state index >= 15 is 0 Å². The van der Waals surface area contributed by atoms with Crippen LogP contribution in [0, 0.1) is 15.3 Å². The topological polar surface area (TPSA) is 129 Å². The van der Waals surface area contributed by atoms with Crippen LogP contribution in [0.15, 0.2) is 0 Å². The first-order valence-corrected chi connectivity index (χ1v) is 1.16. The molecule has 4 radical (unpaired) electrons. The second-order valence-corrected chi connectivity index (χ2v) is 0.474. The zero-order chi connectivity index (χ0) is 7.15. The molecule has 52 valence electrons. The van der Waals surface area contributed by atoms with Crippen molar-refractivity contribution in [1.29, 1.82) is 0 Å². The van der Waals surface area contributed by atoms with Gasteiger partial charge >= 0.3 is 52.4 Å². The van der Waals surface area contributed by atoms with E-state index in [-0.39, 0.29) is 52.4 Å². The van der Waals surface area contributed by atoms with Crippen molar-refractivity contribution in [1.82, 2.24) is 0 Å². The number of carboxylic acid groups (broad SMARTS) is 2. The number of carbonyl (C=O) groups excluding carboxylic acids is 1. The summed E-state index contributed by atoms with van der Waals surface area (Å²) in [6.45, 7) is 0. The molecule has 0 N–H and O–H groups in total. The minimum Gasteiger partial charge on any atom is -0.652 e. The van der Waals surface area contributed by atoms with Gasteiger partial charge in [0, 0.05) is 0 Å². The summed E-state index contributed by atoms with van der Waals surface area (Å²) in [7, 11) is 0. The maximum Gasteiger partial charge on any atom is 3.00 e. The summed E-state index contributed by atoms with van der Waals surface area (Å²) in [5, 5.41) is 31.4. The van der Waals surface area contributed by atoms with Gasteiger partial charge in [-0.3, -0.25) is 0 Å². The molecule has 0 amide bonds. The van der Waals surface area contributed by atoms with Crippen LogP contribution in [0.1, 0.15) is 0 Å². The molecule has 0 aliphatic rings. The van der Waals surface area contributed by atoms with Gasteiger partial charge in [0.2, 0.25) is 0 Å². The van der Waals surface area contributed by atoms with Crippen molar-refractivity contribution in [2.24, 2.45) is 0 Å². The normalized spacial score (nSPS) is 4.80. The Morgan fingerprint density at radius 3 is 1.10 bits per heavy atom. The molecular formula is CBi2NO6+3. The first-order valence-electron chi connectivity index (χ1n) is 1.16. The number of hydrogen-bond acceptors (Lipinski definition) is 6. The Morgan fingerprint density at radius 1 is 1.10 bits per heavy atom. The fraction of sp³-hybridized carbons (Fsp3) is 0. The molecule has 0 aliphatic carbocycles. The fourth-order valence-electron chi connectivity index (χ4n) is 0. The number of hydrogen-bond donors (Lipinski definition) is 0. The first kappa shape index (κ1) is 22.5. The molecule has 0 rings (SSSR count). The van der Waals surface area contributed by atoms with Gasteiger partial charge in [-0.05, 0) is 6.16 Å². The Bertz CT molecular complexity index is 73.7. The molecule has 0 heterocycles. The van der Waals surface area contributed by atoms with Gasteiger partial charge in [-0.1, -0.05) is 0 Å². The van der Waals surface area contributed by atoms with E-state index < -0.39 is 11.2 Å². The van der Waals surface area contributed by atoms with E-state index in [1.807, 2.05) is 0 Å². The third-order valence-electron chi connectivity index (χ3n) is 0. The summed E-state index contributed by atoms with van der Waals surface area (Å²) < 4.78 is 0. The zero-order valence-corrected chi connectivity index (χ0v) is 11.2. The van der Waals surface area contributed by atoms with Gasteiger partial charge in [-0.15, -0.1) is 0 Å². The predicted octanol–water partition coefficient (Wildman–Crippen LogP) is -3.45. The summed E-state index contributed by atoms with van der Waals surface area (Å²) >= 11 is 0. The minimum atomic E-state index is -2.33. The first-order chi connectivity index (χ1) is 3.46. The summed E-state index contributed by atoms with van der Waals surface area (Å²) in [6.07, 6.45) is -2.33. The molecule has 9 heteroatoms. The maximum atomic E-state index is 8.33. The van der Waals surface area contributed by atoms with Crippen molar-refractivity contribution in [2.45, 2.75) is 0 Å². The average molecular weight is 540 g/mol. The largest absolute Gasteiger partial charge is 3.00 e. The van der Waals surface area contributed by atoms with Crippen LogP contribution < -0.4 is 10.2 Å². The molecule has 0 spiro atoms. The van der Waals surface area contributed by atoms with E-state index in [1.54, 1.807) is 0 Å². The van der Waals surface area contributed by atoms with Crippen molar-refractivity contribution in [3.05, 3.63) is 15.3 Å². The third-order valence-corrected chi connectivity index (χ3v) is 0. The van der Waals surface area contributed by atoms with E-state index in [2.05, 4.69) is 0 Å². The quantitative estimate of drug-likeness (QED) is 0.179. The number of carbonyl (C=O) groups is 1. The van der Waals surface area contributed by atoms with Gasteiger partial charge in [0.25, 0.3) is 0 Å². The third kappa shape index (κ3) is 7730. The minimum absolute atomic E-state index is 0. The van der Waals surface area contributed by atoms with Crippen molar-refractivity contribution < 1.29 is 20.1 Å². The van der Waals surface area contributed by atoms with Gasteiger partial charge in [0.05, 0.1) is 5.09 Å². The molecule has 10 heavy (non-hydrogen) atoms. The van der Waals surface area contributed by atoms with Crippen LogP contribution in [0.4, 0.5) is 4.79 Å². The maximum absolute atomic E-state index is 8.33. The molecule has 0 aromatic carbocycles. The van der Waals surface area contributed by atoms with Crippen LogP contribution in [0.2, 0.25) is 0 Å². The Hall–Kier alpha value is 0.236. The van der Waals surface area contributed by atoms with Crippen molar-refractivity contribution >= 4 is 58.6 Å². The molecule has 0 aromatic rings. The van der Waals surface area contributed by atoms with Crippen molar-refractivity contribution in [3.63, 3.8) is 0 Å². The van der Waals surface area contributed by atoms with Gasteiger partial charge < -0.3 is 30.3 Å². The van der Waals surface area contributed by atoms with E-state index in [9.17, 15) is 0 Å². The second kappa shape index (κ2) is 16.1. The zero-order valence-electron chi connectivity index (χ0n) is 4.29. The second-order valence-electron chi connectivity index (χ2n) is 0.474. The fourth-order valence-corrected chi connectivity index (χ4v) is 0. The predicted molar refractivity (Wildman–Crippen MR) is 27.3 cm³/mol. The van der Waals surface area contributed by atoms with Gasteiger partial charge in [0.1, 0.15) is 0 Å². The number of nitrogens with zero attached hydrogens (tertiary/aromatic N) is 1. The number of rotatable bonds is 0. The standard InChI is InChI=1S/CH2O3.2Bi.NO3/c2-1(3)4;;;2-1(3)4/h(H2,2,3,4);;;/q;2*+3;-1/p-2. The molecule has 0 aliphatic heterocycles. The molecule has 0 atom stereocenters. The van der Waals surface area contributed by atoms with Gasteiger partial charge in [0.15, 0.2) is 0 Å². The van der Waals surface area contributed by atoms with Crippen LogP contribution in [-0.2, 0) is 0 Å². The summed E-state index contributed by atoms with van der Waals surface area (Å²) in [5.74, 6) is 0. The van der Waals surface area contributed by atoms with E-state index in [0.29, 0.717) is 0 Å². The molecule has 0 fully saturated rings. The summed E-state index contributed by atoms with van der Waals surface area (Å²) in [4.78, 5) is 16.6.